The molecule has 178 valence electrons. The molecule has 3 rings (SSSR count). The second kappa shape index (κ2) is 13.8. The van der Waals surface area contributed by atoms with E-state index in [2.05, 4.69) is 39.3 Å². The van der Waals surface area contributed by atoms with Gasteiger partial charge in [0.2, 0.25) is 0 Å². The lowest BCUT2D eigenvalue weighted by Crippen LogP contribution is -2.26. The summed E-state index contributed by atoms with van der Waals surface area (Å²) in [4.78, 5) is 27.8. The molecule has 1 heterocycles. The van der Waals surface area contributed by atoms with E-state index >= 15 is 0 Å². The van der Waals surface area contributed by atoms with E-state index in [1.807, 2.05) is 30.3 Å². The molecule has 1 aromatic heterocycles. The number of esters is 1. The highest BCUT2D eigenvalue weighted by Gasteiger charge is 2.09. The Labute approximate surface area is 201 Å². The number of pyridine rings is 1. The van der Waals surface area contributed by atoms with Crippen molar-refractivity contribution >= 4 is 11.9 Å². The number of hydrogen-bond acceptors (Lipinski definition) is 5. The van der Waals surface area contributed by atoms with Crippen molar-refractivity contribution in [1.29, 1.82) is 0 Å². The van der Waals surface area contributed by atoms with Crippen LogP contribution in [0.1, 0.15) is 46.3 Å². The van der Waals surface area contributed by atoms with Crippen molar-refractivity contribution < 1.29 is 19.1 Å². The van der Waals surface area contributed by atoms with Crippen LogP contribution in [0.2, 0.25) is 0 Å². The maximum Gasteiger partial charge on any atom is 0.310 e. The molecule has 0 aliphatic heterocycles. The predicted molar refractivity (Wildman–Crippen MR) is 132 cm³/mol. The SMILES string of the molecule is COC(=O)Cc1cncc(C(=O)NCCc2ccc(OCCCCCc3ccccc3)cc2)c1. The standard InChI is InChI=1S/C28H32N2O4/c1-33-27(31)19-24-18-25(21-29-20-24)28(32)30-16-15-23-11-13-26(14-12-23)34-17-7-3-6-10-22-8-4-2-5-9-22/h2,4-5,8-9,11-14,18,20-21H,3,6-7,10,15-17,19H2,1H3,(H,30,32). The van der Waals surface area contributed by atoms with Crippen LogP contribution in [0.4, 0.5) is 0 Å². The van der Waals surface area contributed by atoms with Crippen molar-refractivity contribution in [3.63, 3.8) is 0 Å². The minimum Gasteiger partial charge on any atom is -0.494 e. The molecule has 0 aliphatic rings. The predicted octanol–water partition coefficient (Wildman–Crippen LogP) is 4.56. The fourth-order valence-electron chi connectivity index (χ4n) is 3.56. The topological polar surface area (TPSA) is 77.5 Å². The van der Waals surface area contributed by atoms with E-state index in [1.54, 1.807) is 12.3 Å². The van der Waals surface area contributed by atoms with E-state index in [1.165, 1.54) is 25.3 Å². The summed E-state index contributed by atoms with van der Waals surface area (Å²) < 4.78 is 10.5. The van der Waals surface area contributed by atoms with Crippen molar-refractivity contribution in [3.05, 3.63) is 95.3 Å². The van der Waals surface area contributed by atoms with Gasteiger partial charge in [0.25, 0.3) is 5.91 Å². The second-order valence-electron chi connectivity index (χ2n) is 8.13. The monoisotopic (exact) mass is 460 g/mol. The molecule has 0 saturated heterocycles. The van der Waals surface area contributed by atoms with Gasteiger partial charge in [0.15, 0.2) is 0 Å². The van der Waals surface area contributed by atoms with Gasteiger partial charge in [-0.15, -0.1) is 0 Å². The van der Waals surface area contributed by atoms with Gasteiger partial charge in [-0.25, -0.2) is 0 Å². The summed E-state index contributed by atoms with van der Waals surface area (Å²) in [6.07, 6.45) is 8.31. The Bertz CT molecular complexity index is 1040. The fourth-order valence-corrected chi connectivity index (χ4v) is 3.56. The van der Waals surface area contributed by atoms with Gasteiger partial charge in [0.05, 0.1) is 25.7 Å². The van der Waals surface area contributed by atoms with Gasteiger partial charge < -0.3 is 14.8 Å². The summed E-state index contributed by atoms with van der Waals surface area (Å²) >= 11 is 0. The van der Waals surface area contributed by atoms with Gasteiger partial charge in [-0.1, -0.05) is 42.5 Å². The first kappa shape index (κ1) is 25.0. The van der Waals surface area contributed by atoms with Crippen molar-refractivity contribution in [3.8, 4) is 5.75 Å². The number of nitrogens with zero attached hydrogens (tertiary/aromatic N) is 1. The van der Waals surface area contributed by atoms with Crippen LogP contribution in [-0.2, 0) is 28.8 Å². The normalized spacial score (nSPS) is 10.5. The number of ether oxygens (including phenoxy) is 2. The molecular formula is C28H32N2O4. The molecule has 34 heavy (non-hydrogen) atoms. The summed E-state index contributed by atoms with van der Waals surface area (Å²) in [5, 5.41) is 2.90. The van der Waals surface area contributed by atoms with Crippen molar-refractivity contribution in [2.45, 2.75) is 38.5 Å². The van der Waals surface area contributed by atoms with Crippen LogP contribution < -0.4 is 10.1 Å². The first-order valence-corrected chi connectivity index (χ1v) is 11.7. The number of carbonyl (C=O) groups excluding carboxylic acids is 2. The molecule has 0 aliphatic carbocycles. The van der Waals surface area contributed by atoms with Crippen LogP contribution in [0, 0.1) is 0 Å². The molecule has 3 aromatic rings. The maximum atomic E-state index is 12.4. The smallest absolute Gasteiger partial charge is 0.310 e. The zero-order valence-corrected chi connectivity index (χ0v) is 19.7. The lowest BCUT2D eigenvalue weighted by molar-refractivity contribution is -0.139. The number of amides is 1. The second-order valence-corrected chi connectivity index (χ2v) is 8.13. The van der Waals surface area contributed by atoms with Gasteiger partial charge in [-0.3, -0.25) is 14.6 Å². The number of carbonyl (C=O) groups is 2. The lowest BCUT2D eigenvalue weighted by Gasteiger charge is -2.09. The molecule has 2 aromatic carbocycles. The van der Waals surface area contributed by atoms with Gasteiger partial charge in [-0.05, 0) is 67.0 Å². The molecule has 1 N–H and O–H groups in total. The number of nitrogens with one attached hydrogen (secondary N) is 1. The number of hydrogen-bond donors (Lipinski definition) is 1. The third kappa shape index (κ3) is 8.70. The van der Waals surface area contributed by atoms with Gasteiger partial charge in [-0.2, -0.15) is 0 Å². The molecule has 1 amide bonds. The zero-order valence-electron chi connectivity index (χ0n) is 19.7. The van der Waals surface area contributed by atoms with Crippen LogP contribution in [-0.4, -0.2) is 37.1 Å². The highest BCUT2D eigenvalue weighted by molar-refractivity contribution is 5.94. The minimum atomic E-state index is -0.366. The summed E-state index contributed by atoms with van der Waals surface area (Å²) in [6, 6.07) is 20.2. The fraction of sp³-hybridized carbons (Fsp3) is 0.321. The minimum absolute atomic E-state index is 0.0900. The quantitative estimate of drug-likeness (QED) is 0.299. The number of aryl methyl sites for hydroxylation is 1. The van der Waals surface area contributed by atoms with Gasteiger partial charge >= 0.3 is 5.97 Å². The Morgan fingerprint density at radius 1 is 0.853 bits per heavy atom. The molecule has 0 radical (unpaired) electrons. The molecule has 0 atom stereocenters. The van der Waals surface area contributed by atoms with Crippen molar-refractivity contribution in [2.75, 3.05) is 20.3 Å². The average Bonchev–Trinajstić information content (AvgIpc) is 2.87. The Kier molecular flexibility index (Phi) is 10.1. The Balaban J connectivity index is 1.32. The number of benzene rings is 2. The van der Waals surface area contributed by atoms with E-state index in [0.29, 0.717) is 30.7 Å². The summed E-state index contributed by atoms with van der Waals surface area (Å²) in [7, 11) is 1.33. The average molecular weight is 461 g/mol. The van der Waals surface area contributed by atoms with E-state index < -0.39 is 0 Å². The molecule has 0 saturated carbocycles. The zero-order chi connectivity index (χ0) is 24.0. The van der Waals surface area contributed by atoms with Crippen molar-refractivity contribution in [2.24, 2.45) is 0 Å². The van der Waals surface area contributed by atoms with Crippen LogP contribution >= 0.6 is 0 Å². The maximum absolute atomic E-state index is 12.4. The third-order valence-electron chi connectivity index (χ3n) is 5.48. The summed E-state index contributed by atoms with van der Waals surface area (Å²) in [5.74, 6) is 0.283. The number of rotatable bonds is 13. The van der Waals surface area contributed by atoms with E-state index in [0.717, 1.165) is 30.6 Å². The van der Waals surface area contributed by atoms with Crippen molar-refractivity contribution in [1.82, 2.24) is 10.3 Å². The number of methoxy groups -OCH3 is 1. The van der Waals surface area contributed by atoms with Crippen LogP contribution in [0.25, 0.3) is 0 Å². The first-order chi connectivity index (χ1) is 16.6. The highest BCUT2D eigenvalue weighted by Crippen LogP contribution is 2.14. The summed E-state index contributed by atoms with van der Waals surface area (Å²) in [6.45, 7) is 1.22. The molecule has 6 heteroatoms. The summed E-state index contributed by atoms with van der Waals surface area (Å²) in [5.41, 5.74) is 3.58. The lowest BCUT2D eigenvalue weighted by atomic mass is 10.1. The van der Waals surface area contributed by atoms with E-state index in [9.17, 15) is 9.59 Å². The first-order valence-electron chi connectivity index (χ1n) is 11.7. The highest BCUT2D eigenvalue weighted by atomic mass is 16.5. The largest absolute Gasteiger partial charge is 0.494 e. The third-order valence-corrected chi connectivity index (χ3v) is 5.48. The Morgan fingerprint density at radius 3 is 2.38 bits per heavy atom. The molecule has 0 spiro atoms. The molecule has 6 nitrogen and oxygen atoms in total. The van der Waals surface area contributed by atoms with Gasteiger partial charge in [0.1, 0.15) is 5.75 Å². The van der Waals surface area contributed by atoms with E-state index in [4.69, 9.17) is 4.74 Å². The van der Waals surface area contributed by atoms with Crippen LogP contribution in [0.5, 0.6) is 5.75 Å². The molecule has 0 unspecified atom stereocenters. The Morgan fingerprint density at radius 2 is 1.62 bits per heavy atom. The number of aromatic nitrogens is 1. The van der Waals surface area contributed by atoms with Crippen LogP contribution in [0.3, 0.4) is 0 Å². The number of unbranched alkanes of at least 4 members (excludes halogenated alkanes) is 2. The molecular weight excluding hydrogens is 428 g/mol. The van der Waals surface area contributed by atoms with Gasteiger partial charge in [0, 0.05) is 18.9 Å². The molecule has 0 fully saturated rings. The Hall–Kier alpha value is -3.67. The molecule has 0 bridgehead atoms. The van der Waals surface area contributed by atoms with Crippen LogP contribution in [0.15, 0.2) is 73.1 Å². The van der Waals surface area contributed by atoms with E-state index in [-0.39, 0.29) is 18.3 Å².